The summed E-state index contributed by atoms with van der Waals surface area (Å²) in [6, 6.07) is 5.30. The van der Waals surface area contributed by atoms with Crippen molar-refractivity contribution in [2.45, 2.75) is 13.3 Å². The highest BCUT2D eigenvalue weighted by Crippen LogP contribution is 2.21. The van der Waals surface area contributed by atoms with Gasteiger partial charge in [0, 0.05) is 7.11 Å². The second-order valence-corrected chi connectivity index (χ2v) is 3.78. The minimum absolute atomic E-state index is 0.0418. The molecular weight excluding hydrogens is 220 g/mol. The average Bonchev–Trinajstić information content (AvgIpc) is 2.29. The third-order valence-corrected chi connectivity index (χ3v) is 2.32. The van der Waals surface area contributed by atoms with Crippen LogP contribution in [0, 0.1) is 6.92 Å². The molecule has 0 unspecified atom stereocenters. The van der Waals surface area contributed by atoms with E-state index in [1.165, 1.54) is 14.2 Å². The van der Waals surface area contributed by atoms with Gasteiger partial charge in [-0.2, -0.15) is 0 Å². The summed E-state index contributed by atoms with van der Waals surface area (Å²) in [6.07, 6.45) is -0.159. The molecule has 17 heavy (non-hydrogen) atoms. The minimum Gasteiger partial charge on any atom is -0.496 e. The van der Waals surface area contributed by atoms with Crippen LogP contribution in [0.2, 0.25) is 0 Å². The number of Topliss-reactive ketones (excluding diaryl/α,β-unsaturated/α-hetero) is 2. The van der Waals surface area contributed by atoms with Gasteiger partial charge in [0.25, 0.3) is 0 Å². The van der Waals surface area contributed by atoms with E-state index in [4.69, 9.17) is 4.74 Å². The lowest BCUT2D eigenvalue weighted by Crippen LogP contribution is -2.13. The Balaban J connectivity index is 2.87. The molecule has 0 aliphatic heterocycles. The molecule has 1 rings (SSSR count). The van der Waals surface area contributed by atoms with E-state index < -0.39 is 0 Å². The van der Waals surface area contributed by atoms with Gasteiger partial charge in [-0.1, -0.05) is 11.6 Å². The molecule has 0 atom stereocenters. The molecule has 0 amide bonds. The second-order valence-electron chi connectivity index (χ2n) is 3.78. The van der Waals surface area contributed by atoms with Crippen LogP contribution < -0.4 is 4.74 Å². The van der Waals surface area contributed by atoms with E-state index in [1.54, 1.807) is 12.1 Å². The number of hydrogen-bond donors (Lipinski definition) is 0. The molecule has 0 aromatic heterocycles. The second kappa shape index (κ2) is 6.15. The Hall–Kier alpha value is -1.68. The summed E-state index contributed by atoms with van der Waals surface area (Å²) in [5.74, 6) is 0.0134. The fraction of sp³-hybridized carbons (Fsp3) is 0.385. The van der Waals surface area contributed by atoms with Crippen molar-refractivity contribution in [3.8, 4) is 5.75 Å². The smallest absolute Gasteiger partial charge is 0.174 e. The van der Waals surface area contributed by atoms with Gasteiger partial charge in [0.15, 0.2) is 11.6 Å². The Bertz CT molecular complexity index is 423. The molecule has 0 aliphatic rings. The highest BCUT2D eigenvalue weighted by molar-refractivity contribution is 6.09. The molecular formula is C13H16O4. The molecule has 0 aliphatic carbocycles. The number of ketones is 2. The standard InChI is InChI=1S/C13H16O4/c1-9-4-5-13(17-3)11(6-9)12(15)7-10(14)8-16-2/h4-6H,7-8H2,1-3H3. The number of methoxy groups -OCH3 is 2. The van der Waals surface area contributed by atoms with Crippen molar-refractivity contribution in [3.05, 3.63) is 29.3 Å². The number of aryl methyl sites for hydroxylation is 1. The fourth-order valence-electron chi connectivity index (χ4n) is 1.53. The summed E-state index contributed by atoms with van der Waals surface area (Å²) in [6.45, 7) is 1.84. The zero-order chi connectivity index (χ0) is 12.8. The number of hydrogen-bond acceptors (Lipinski definition) is 4. The predicted octanol–water partition coefficient (Wildman–Crippen LogP) is 1.79. The molecule has 0 fully saturated rings. The number of benzene rings is 1. The summed E-state index contributed by atoms with van der Waals surface area (Å²) < 4.78 is 9.79. The molecule has 0 saturated carbocycles. The lowest BCUT2D eigenvalue weighted by Gasteiger charge is -2.08. The third-order valence-electron chi connectivity index (χ3n) is 2.32. The Morgan fingerprint density at radius 3 is 2.53 bits per heavy atom. The van der Waals surface area contributed by atoms with Crippen molar-refractivity contribution in [2.75, 3.05) is 20.8 Å². The monoisotopic (exact) mass is 236 g/mol. The first-order valence-electron chi connectivity index (χ1n) is 5.27. The first-order chi connectivity index (χ1) is 8.08. The van der Waals surface area contributed by atoms with Crippen LogP contribution in [-0.4, -0.2) is 32.4 Å². The third kappa shape index (κ3) is 3.67. The van der Waals surface area contributed by atoms with Gasteiger partial charge in [0.2, 0.25) is 0 Å². The van der Waals surface area contributed by atoms with Crippen molar-refractivity contribution in [1.82, 2.24) is 0 Å². The van der Waals surface area contributed by atoms with Gasteiger partial charge < -0.3 is 9.47 Å². The normalized spacial score (nSPS) is 10.1. The Morgan fingerprint density at radius 1 is 1.24 bits per heavy atom. The molecule has 0 bridgehead atoms. The number of ether oxygens (including phenoxy) is 2. The van der Waals surface area contributed by atoms with E-state index in [-0.39, 0.29) is 24.6 Å². The van der Waals surface area contributed by atoms with Crippen molar-refractivity contribution in [1.29, 1.82) is 0 Å². The molecule has 1 aromatic carbocycles. The van der Waals surface area contributed by atoms with Crippen molar-refractivity contribution < 1.29 is 19.1 Å². The van der Waals surface area contributed by atoms with Gasteiger partial charge in [-0.15, -0.1) is 0 Å². The van der Waals surface area contributed by atoms with E-state index in [1.807, 2.05) is 13.0 Å². The molecule has 0 radical (unpaired) electrons. The predicted molar refractivity (Wildman–Crippen MR) is 63.6 cm³/mol. The maximum Gasteiger partial charge on any atom is 0.174 e. The summed E-state index contributed by atoms with van der Waals surface area (Å²) in [4.78, 5) is 23.2. The molecule has 1 aromatic rings. The van der Waals surface area contributed by atoms with Crippen LogP contribution in [0.25, 0.3) is 0 Å². The van der Waals surface area contributed by atoms with Crippen molar-refractivity contribution in [2.24, 2.45) is 0 Å². The van der Waals surface area contributed by atoms with Crippen LogP contribution in [0.1, 0.15) is 22.3 Å². The molecule has 0 saturated heterocycles. The highest BCUT2D eigenvalue weighted by atomic mass is 16.5. The average molecular weight is 236 g/mol. The topological polar surface area (TPSA) is 52.6 Å². The van der Waals surface area contributed by atoms with E-state index in [2.05, 4.69) is 4.74 Å². The fourth-order valence-corrected chi connectivity index (χ4v) is 1.53. The van der Waals surface area contributed by atoms with Crippen molar-refractivity contribution >= 4 is 11.6 Å². The zero-order valence-corrected chi connectivity index (χ0v) is 10.3. The van der Waals surface area contributed by atoms with Crippen LogP contribution in [0.5, 0.6) is 5.75 Å². The molecule has 4 heteroatoms. The van der Waals surface area contributed by atoms with Crippen molar-refractivity contribution in [3.63, 3.8) is 0 Å². The van der Waals surface area contributed by atoms with E-state index in [0.29, 0.717) is 11.3 Å². The summed E-state index contributed by atoms with van der Waals surface area (Å²) >= 11 is 0. The van der Waals surface area contributed by atoms with Crippen LogP contribution in [0.3, 0.4) is 0 Å². The SMILES string of the molecule is COCC(=O)CC(=O)c1cc(C)ccc1OC. The Morgan fingerprint density at radius 2 is 1.94 bits per heavy atom. The summed E-state index contributed by atoms with van der Waals surface area (Å²) in [5.41, 5.74) is 1.39. The first-order valence-corrected chi connectivity index (χ1v) is 5.27. The van der Waals surface area contributed by atoms with Gasteiger partial charge in [-0.25, -0.2) is 0 Å². The van der Waals surface area contributed by atoms with E-state index in [9.17, 15) is 9.59 Å². The molecule has 0 N–H and O–H groups in total. The van der Waals surface area contributed by atoms with Gasteiger partial charge in [0.1, 0.15) is 12.4 Å². The first kappa shape index (κ1) is 13.4. The maximum atomic E-state index is 11.9. The lowest BCUT2D eigenvalue weighted by atomic mass is 10.0. The van der Waals surface area contributed by atoms with Crippen LogP contribution in [0.4, 0.5) is 0 Å². The number of carbonyl (C=O) groups is 2. The Labute approximate surface area is 101 Å². The van der Waals surface area contributed by atoms with Gasteiger partial charge >= 0.3 is 0 Å². The molecule has 92 valence electrons. The Kier molecular flexibility index (Phi) is 4.84. The van der Waals surface area contributed by atoms with Gasteiger partial charge in [0.05, 0.1) is 19.1 Å². The summed E-state index contributed by atoms with van der Waals surface area (Å²) in [5, 5.41) is 0. The van der Waals surface area contributed by atoms with Crippen LogP contribution in [0.15, 0.2) is 18.2 Å². The molecule has 0 heterocycles. The summed E-state index contributed by atoms with van der Waals surface area (Å²) in [7, 11) is 2.92. The number of rotatable bonds is 6. The van der Waals surface area contributed by atoms with Gasteiger partial charge in [-0.05, 0) is 19.1 Å². The molecule has 0 spiro atoms. The van der Waals surface area contributed by atoms with E-state index in [0.717, 1.165) is 5.56 Å². The minimum atomic E-state index is -0.243. The van der Waals surface area contributed by atoms with E-state index >= 15 is 0 Å². The lowest BCUT2D eigenvalue weighted by molar-refractivity contribution is -0.121. The van der Waals surface area contributed by atoms with Crippen LogP contribution >= 0.6 is 0 Å². The molecule has 4 nitrogen and oxygen atoms in total. The quantitative estimate of drug-likeness (QED) is 0.558. The highest BCUT2D eigenvalue weighted by Gasteiger charge is 2.16. The largest absolute Gasteiger partial charge is 0.496 e. The van der Waals surface area contributed by atoms with Crippen LogP contribution in [-0.2, 0) is 9.53 Å². The zero-order valence-electron chi connectivity index (χ0n) is 10.3. The number of carbonyl (C=O) groups excluding carboxylic acids is 2. The van der Waals surface area contributed by atoms with Gasteiger partial charge in [-0.3, -0.25) is 9.59 Å². The maximum absolute atomic E-state index is 11.9.